The molecule has 21 heavy (non-hydrogen) atoms. The van der Waals surface area contributed by atoms with Crippen LogP contribution in [0.4, 0.5) is 0 Å². The highest BCUT2D eigenvalue weighted by Gasteiger charge is 2.20. The van der Waals surface area contributed by atoms with Gasteiger partial charge in [0.1, 0.15) is 12.2 Å². The Kier molecular flexibility index (Phi) is 4.88. The molecule has 0 aromatic carbocycles. The molecule has 0 bridgehead atoms. The average molecular weight is 290 g/mol. The van der Waals surface area contributed by atoms with E-state index in [0.29, 0.717) is 12.5 Å². The minimum absolute atomic E-state index is 0.239. The number of hydrogen-bond acceptors (Lipinski definition) is 3. The van der Waals surface area contributed by atoms with Crippen LogP contribution in [0.15, 0.2) is 6.33 Å². The van der Waals surface area contributed by atoms with E-state index in [4.69, 9.17) is 0 Å². The molecule has 1 atom stereocenters. The van der Waals surface area contributed by atoms with Gasteiger partial charge in [-0.25, -0.2) is 0 Å². The van der Waals surface area contributed by atoms with E-state index in [-0.39, 0.29) is 5.91 Å². The maximum absolute atomic E-state index is 12.1. The monoisotopic (exact) mass is 290 g/mol. The van der Waals surface area contributed by atoms with E-state index in [1.54, 1.807) is 6.33 Å². The highest BCUT2D eigenvalue weighted by Crippen LogP contribution is 2.27. The first-order chi connectivity index (χ1) is 10.3. The summed E-state index contributed by atoms with van der Waals surface area (Å²) < 4.78 is 2.11. The van der Waals surface area contributed by atoms with E-state index in [0.717, 1.165) is 44.0 Å². The van der Waals surface area contributed by atoms with Crippen LogP contribution >= 0.6 is 0 Å². The molecule has 116 valence electrons. The molecule has 2 heterocycles. The van der Waals surface area contributed by atoms with Crippen molar-refractivity contribution in [2.75, 3.05) is 0 Å². The Balaban J connectivity index is 1.39. The summed E-state index contributed by atoms with van der Waals surface area (Å²) in [7, 11) is 0. The molecule has 1 fully saturated rings. The second-order valence-electron chi connectivity index (χ2n) is 6.58. The van der Waals surface area contributed by atoms with Gasteiger partial charge < -0.3 is 9.88 Å². The van der Waals surface area contributed by atoms with Gasteiger partial charge in [0.2, 0.25) is 5.91 Å². The second kappa shape index (κ2) is 7.05. The summed E-state index contributed by atoms with van der Waals surface area (Å²) in [5.74, 6) is 2.08. The number of carbonyl (C=O) groups excluding carboxylic acids is 1. The predicted octanol–water partition coefficient (Wildman–Crippen LogP) is 2.46. The highest BCUT2D eigenvalue weighted by atomic mass is 16.1. The molecule has 0 radical (unpaired) electrons. The van der Waals surface area contributed by atoms with Crippen LogP contribution in [0.25, 0.3) is 0 Å². The molecule has 5 nitrogen and oxygen atoms in total. The van der Waals surface area contributed by atoms with Crippen molar-refractivity contribution in [3.8, 4) is 0 Å². The van der Waals surface area contributed by atoms with Crippen molar-refractivity contribution >= 4 is 5.91 Å². The lowest BCUT2D eigenvalue weighted by Crippen LogP contribution is -2.35. The molecular formula is C16H26N4O. The third-order valence-electron chi connectivity index (χ3n) is 5.00. The SMILES string of the molecule is O=C(CCC1CCCCC1)NC1CCc2nncn2CC1. The molecule has 1 aliphatic heterocycles. The molecule has 1 unspecified atom stereocenters. The minimum atomic E-state index is 0.239. The summed E-state index contributed by atoms with van der Waals surface area (Å²) >= 11 is 0. The molecule has 1 amide bonds. The second-order valence-corrected chi connectivity index (χ2v) is 6.58. The Morgan fingerprint density at radius 1 is 1.24 bits per heavy atom. The van der Waals surface area contributed by atoms with Gasteiger partial charge in [0.15, 0.2) is 0 Å². The Morgan fingerprint density at radius 3 is 2.95 bits per heavy atom. The van der Waals surface area contributed by atoms with Crippen molar-refractivity contribution in [3.05, 3.63) is 12.2 Å². The van der Waals surface area contributed by atoms with Gasteiger partial charge in [-0.3, -0.25) is 4.79 Å². The summed E-state index contributed by atoms with van der Waals surface area (Å²) in [6.07, 6.45) is 13.2. The quantitative estimate of drug-likeness (QED) is 0.926. The van der Waals surface area contributed by atoms with Crippen molar-refractivity contribution in [3.63, 3.8) is 0 Å². The number of hydrogen-bond donors (Lipinski definition) is 1. The molecule has 1 aliphatic carbocycles. The normalized spacial score (nSPS) is 23.3. The Bertz CT molecular complexity index is 442. The van der Waals surface area contributed by atoms with Crippen LogP contribution in [0.2, 0.25) is 0 Å². The highest BCUT2D eigenvalue weighted by molar-refractivity contribution is 5.76. The topological polar surface area (TPSA) is 59.8 Å². The summed E-state index contributed by atoms with van der Waals surface area (Å²) in [6.45, 7) is 0.913. The van der Waals surface area contributed by atoms with Crippen LogP contribution in [0, 0.1) is 5.92 Å². The number of nitrogens with zero attached hydrogens (tertiary/aromatic N) is 3. The van der Waals surface area contributed by atoms with E-state index < -0.39 is 0 Å². The smallest absolute Gasteiger partial charge is 0.220 e. The number of fused-ring (bicyclic) bond motifs is 1. The van der Waals surface area contributed by atoms with Crippen LogP contribution in [0.5, 0.6) is 0 Å². The zero-order valence-electron chi connectivity index (χ0n) is 12.8. The number of rotatable bonds is 4. The van der Waals surface area contributed by atoms with E-state index in [9.17, 15) is 4.79 Å². The van der Waals surface area contributed by atoms with Gasteiger partial charge in [-0.1, -0.05) is 32.1 Å². The zero-order chi connectivity index (χ0) is 14.5. The van der Waals surface area contributed by atoms with Gasteiger partial charge in [-0.15, -0.1) is 10.2 Å². The number of carbonyl (C=O) groups is 1. The van der Waals surface area contributed by atoms with Gasteiger partial charge in [-0.05, 0) is 25.2 Å². The standard InChI is InChI=1S/C16H26N4O/c21-16(9-6-13-4-2-1-3-5-13)18-14-7-8-15-19-17-12-20(15)11-10-14/h12-14H,1-11H2,(H,18,21). The van der Waals surface area contributed by atoms with E-state index in [1.165, 1.54) is 32.1 Å². The van der Waals surface area contributed by atoms with Crippen LogP contribution in [-0.4, -0.2) is 26.7 Å². The van der Waals surface area contributed by atoms with Crippen molar-refractivity contribution in [2.24, 2.45) is 5.92 Å². The zero-order valence-corrected chi connectivity index (χ0v) is 12.8. The number of aryl methyl sites for hydroxylation is 2. The summed E-state index contributed by atoms with van der Waals surface area (Å²) in [5.41, 5.74) is 0. The molecule has 1 saturated carbocycles. The molecule has 3 rings (SSSR count). The van der Waals surface area contributed by atoms with Crippen LogP contribution in [-0.2, 0) is 17.8 Å². The van der Waals surface area contributed by atoms with Gasteiger partial charge in [0.25, 0.3) is 0 Å². The van der Waals surface area contributed by atoms with Gasteiger partial charge in [-0.2, -0.15) is 0 Å². The number of aromatic nitrogens is 3. The minimum Gasteiger partial charge on any atom is -0.353 e. The first-order valence-electron chi connectivity index (χ1n) is 8.47. The Morgan fingerprint density at radius 2 is 2.10 bits per heavy atom. The lowest BCUT2D eigenvalue weighted by Gasteiger charge is -2.22. The van der Waals surface area contributed by atoms with E-state index in [1.807, 2.05) is 0 Å². The van der Waals surface area contributed by atoms with Gasteiger partial charge >= 0.3 is 0 Å². The Labute approximate surface area is 126 Å². The van der Waals surface area contributed by atoms with Crippen LogP contribution in [0.3, 0.4) is 0 Å². The molecule has 0 saturated heterocycles. The summed E-state index contributed by atoms with van der Waals surface area (Å²) in [4.78, 5) is 12.1. The molecule has 5 heteroatoms. The predicted molar refractivity (Wildman–Crippen MR) is 80.7 cm³/mol. The van der Waals surface area contributed by atoms with Gasteiger partial charge in [0, 0.05) is 25.4 Å². The third-order valence-corrected chi connectivity index (χ3v) is 5.00. The van der Waals surface area contributed by atoms with E-state index in [2.05, 4.69) is 20.1 Å². The first-order valence-corrected chi connectivity index (χ1v) is 8.47. The number of amides is 1. The van der Waals surface area contributed by atoms with Gasteiger partial charge in [0.05, 0.1) is 0 Å². The van der Waals surface area contributed by atoms with Crippen molar-refractivity contribution in [1.29, 1.82) is 0 Å². The van der Waals surface area contributed by atoms with E-state index >= 15 is 0 Å². The van der Waals surface area contributed by atoms with Crippen molar-refractivity contribution in [2.45, 2.75) is 76.8 Å². The maximum Gasteiger partial charge on any atom is 0.220 e. The lowest BCUT2D eigenvalue weighted by molar-refractivity contribution is -0.122. The maximum atomic E-state index is 12.1. The molecule has 2 aliphatic rings. The molecular weight excluding hydrogens is 264 g/mol. The third kappa shape index (κ3) is 4.05. The molecule has 1 aromatic rings. The number of nitrogens with one attached hydrogen (secondary N) is 1. The van der Waals surface area contributed by atoms with Crippen molar-refractivity contribution < 1.29 is 4.79 Å². The summed E-state index contributed by atoms with van der Waals surface area (Å²) in [6, 6.07) is 0.297. The summed E-state index contributed by atoms with van der Waals surface area (Å²) in [5, 5.41) is 11.3. The fraction of sp³-hybridized carbons (Fsp3) is 0.812. The first kappa shape index (κ1) is 14.5. The fourth-order valence-electron chi connectivity index (χ4n) is 3.66. The molecule has 1 N–H and O–H groups in total. The Hall–Kier alpha value is -1.39. The lowest BCUT2D eigenvalue weighted by atomic mass is 9.86. The molecule has 0 spiro atoms. The largest absolute Gasteiger partial charge is 0.353 e. The van der Waals surface area contributed by atoms with Crippen molar-refractivity contribution in [1.82, 2.24) is 20.1 Å². The molecule has 1 aromatic heterocycles. The fourth-order valence-corrected chi connectivity index (χ4v) is 3.66. The average Bonchev–Trinajstić information content (AvgIpc) is 2.88. The van der Waals surface area contributed by atoms with Crippen LogP contribution < -0.4 is 5.32 Å². The van der Waals surface area contributed by atoms with Crippen LogP contribution in [0.1, 0.15) is 63.6 Å².